The summed E-state index contributed by atoms with van der Waals surface area (Å²) in [6.07, 6.45) is 12.4. The van der Waals surface area contributed by atoms with E-state index in [4.69, 9.17) is 24.7 Å². The van der Waals surface area contributed by atoms with Crippen LogP contribution in [-0.2, 0) is 33.1 Å². The van der Waals surface area contributed by atoms with Crippen molar-refractivity contribution in [2.24, 2.45) is 11.8 Å². The van der Waals surface area contributed by atoms with Crippen LogP contribution >= 0.6 is 0 Å². The first-order valence-corrected chi connectivity index (χ1v) is 13.3. The summed E-state index contributed by atoms with van der Waals surface area (Å²) in [4.78, 5) is 28.4. The molecule has 0 bridgehead atoms. The first-order chi connectivity index (χ1) is 18.5. The minimum atomic E-state index is -0.698. The number of methoxy groups -OCH3 is 1. The van der Waals surface area contributed by atoms with E-state index < -0.39 is 5.41 Å². The van der Waals surface area contributed by atoms with E-state index in [-0.39, 0.29) is 39.5 Å². The molecule has 0 radical (unpaired) electrons. The van der Waals surface area contributed by atoms with E-state index in [0.717, 1.165) is 22.8 Å². The summed E-state index contributed by atoms with van der Waals surface area (Å²) in [6, 6.07) is 0. The summed E-state index contributed by atoms with van der Waals surface area (Å²) in [5, 5.41) is 9.84. The molecule has 1 N–H and O–H groups in total. The fourth-order valence-electron chi connectivity index (χ4n) is 4.47. The normalized spacial score (nSPS) is 13.4. The van der Waals surface area contributed by atoms with E-state index in [1.54, 1.807) is 41.0 Å². The van der Waals surface area contributed by atoms with Gasteiger partial charge < -0.3 is 28.9 Å². The molecule has 0 aliphatic carbocycles. The van der Waals surface area contributed by atoms with E-state index in [1.165, 1.54) is 0 Å². The number of hydrogen-bond acceptors (Lipinski definition) is 8. The zero-order valence-corrected chi connectivity index (χ0v) is 26.8. The quantitative estimate of drug-likeness (QED) is 0.237. The summed E-state index contributed by atoms with van der Waals surface area (Å²) in [6.45, 7) is 17.1. The average Bonchev–Trinajstić information content (AvgIpc) is 3.61. The van der Waals surface area contributed by atoms with Crippen LogP contribution in [0.3, 0.4) is 0 Å². The molecular formula is C29H38N8O2Pt. The summed E-state index contributed by atoms with van der Waals surface area (Å²) < 4.78 is 8.77. The molecule has 0 aliphatic rings. The molecule has 0 fully saturated rings. The van der Waals surface area contributed by atoms with Gasteiger partial charge in [0.1, 0.15) is 0 Å². The van der Waals surface area contributed by atoms with Crippen molar-refractivity contribution < 1.29 is 30.9 Å². The van der Waals surface area contributed by atoms with Crippen LogP contribution < -0.4 is 4.74 Å². The molecule has 2 unspecified atom stereocenters. The van der Waals surface area contributed by atoms with Gasteiger partial charge in [-0.15, -0.1) is 0 Å². The molecule has 0 amide bonds. The number of aromatic nitrogens is 8. The predicted molar refractivity (Wildman–Crippen MR) is 147 cm³/mol. The van der Waals surface area contributed by atoms with Crippen LogP contribution in [0.5, 0.6) is 5.88 Å². The number of nitrogens with zero attached hydrogens (tertiary/aromatic N) is 8. The van der Waals surface area contributed by atoms with E-state index >= 15 is 0 Å². The molecule has 4 rings (SSSR count). The van der Waals surface area contributed by atoms with Crippen LogP contribution in [0, 0.1) is 24.5 Å². The third-order valence-electron chi connectivity index (χ3n) is 7.66. The third-order valence-corrected chi connectivity index (χ3v) is 7.66. The monoisotopic (exact) mass is 725 g/mol. The molecular weight excluding hydrogens is 687 g/mol. The fourth-order valence-corrected chi connectivity index (χ4v) is 4.47. The van der Waals surface area contributed by atoms with E-state index in [1.807, 2.05) is 0 Å². The van der Waals surface area contributed by atoms with Crippen LogP contribution in [0.25, 0.3) is 11.6 Å². The molecule has 0 saturated carbocycles. The molecule has 0 aliphatic heterocycles. The number of rotatable bonds is 10. The number of imidazole rings is 2. The second-order valence-electron chi connectivity index (χ2n) is 11.2. The molecule has 40 heavy (non-hydrogen) atoms. The predicted octanol–water partition coefficient (Wildman–Crippen LogP) is 4.58. The zero-order chi connectivity index (χ0) is 28.5. The largest absolute Gasteiger partial charge is 2.00 e. The van der Waals surface area contributed by atoms with E-state index in [0.29, 0.717) is 35.0 Å². The van der Waals surface area contributed by atoms with Crippen LogP contribution in [-0.4, -0.2) is 51.3 Å². The molecule has 10 nitrogen and oxygen atoms in total. The number of hydrogen-bond donors (Lipinski definition) is 1. The second-order valence-corrected chi connectivity index (χ2v) is 11.2. The van der Waals surface area contributed by atoms with Gasteiger partial charge in [0.2, 0.25) is 0 Å². The summed E-state index contributed by atoms with van der Waals surface area (Å²) in [5.74, 6) is 2.55. The first kappa shape index (κ1) is 31.6. The van der Waals surface area contributed by atoms with E-state index in [9.17, 15) is 5.11 Å². The fraction of sp³-hybridized carbons (Fsp3) is 0.517. The van der Waals surface area contributed by atoms with Crippen molar-refractivity contribution in [3.8, 4) is 17.5 Å². The molecule has 4 heterocycles. The van der Waals surface area contributed by atoms with Gasteiger partial charge in [-0.1, -0.05) is 53.4 Å². The number of aliphatic hydroxyl groups is 1. The Kier molecular flexibility index (Phi) is 10.0. The topological polar surface area (TPSA) is 117 Å². The van der Waals surface area contributed by atoms with Crippen LogP contribution in [0.4, 0.5) is 0 Å². The third kappa shape index (κ3) is 5.88. The maximum atomic E-state index is 9.84. The summed E-state index contributed by atoms with van der Waals surface area (Å²) >= 11 is 0. The maximum Gasteiger partial charge on any atom is 2.00 e. The summed E-state index contributed by atoms with van der Waals surface area (Å²) in [5.41, 5.74) is 3.27. The smallest absolute Gasteiger partial charge is 0.531 e. The van der Waals surface area contributed by atoms with Gasteiger partial charge in [-0.3, -0.25) is 19.9 Å². The van der Waals surface area contributed by atoms with Crippen LogP contribution in [0.15, 0.2) is 24.8 Å². The van der Waals surface area contributed by atoms with Crippen LogP contribution in [0.1, 0.15) is 95.7 Å². The Morgan fingerprint density at radius 3 is 1.75 bits per heavy atom. The van der Waals surface area contributed by atoms with Gasteiger partial charge >= 0.3 is 21.1 Å². The van der Waals surface area contributed by atoms with Crippen molar-refractivity contribution in [1.82, 2.24) is 39.0 Å². The van der Waals surface area contributed by atoms with Gasteiger partial charge in [0.15, 0.2) is 0 Å². The number of ether oxygens (including phenoxy) is 1. The number of aliphatic hydroxyl groups excluding tert-OH is 1. The Morgan fingerprint density at radius 1 is 0.800 bits per heavy atom. The Bertz CT molecular complexity index is 1320. The van der Waals surface area contributed by atoms with Gasteiger partial charge in [-0.2, -0.15) is 0 Å². The molecule has 4 aromatic rings. The Labute approximate surface area is 251 Å². The molecule has 4 aromatic heterocycles. The minimum absolute atomic E-state index is 0. The van der Waals surface area contributed by atoms with Crippen LogP contribution in [0.2, 0.25) is 0 Å². The van der Waals surface area contributed by atoms with Gasteiger partial charge in [0, 0.05) is 43.5 Å². The zero-order valence-electron chi connectivity index (χ0n) is 24.6. The second kappa shape index (κ2) is 12.7. The Morgan fingerprint density at radius 2 is 1.27 bits per heavy atom. The Hall–Kier alpha value is -2.97. The van der Waals surface area contributed by atoms with Crippen molar-refractivity contribution in [3.05, 3.63) is 65.9 Å². The van der Waals surface area contributed by atoms with Crippen molar-refractivity contribution in [2.45, 2.75) is 79.2 Å². The maximum absolute atomic E-state index is 9.84. The van der Waals surface area contributed by atoms with Gasteiger partial charge in [-0.05, 0) is 31.9 Å². The van der Waals surface area contributed by atoms with Crippen molar-refractivity contribution in [2.75, 3.05) is 7.11 Å². The molecule has 216 valence electrons. The van der Waals surface area contributed by atoms with Crippen molar-refractivity contribution in [3.63, 3.8) is 0 Å². The Balaban J connectivity index is 0.00000441. The standard InChI is InChI=1S/C29H38N8O2.Pt/c1-17(2)19(5)25-27(34-22(11-32-25)36-15-30-10-21(36)14-38)29(7,8)28-26(20(6)18(3)4)33-12-23(35-28)37-16-31-13-24(37)39-9;/h10-13,17-20,38H,14H2,1-9H3;/q-2;+2. The van der Waals surface area contributed by atoms with Crippen molar-refractivity contribution in [1.29, 1.82) is 0 Å². The van der Waals surface area contributed by atoms with Gasteiger partial charge in [0.25, 0.3) is 0 Å². The van der Waals surface area contributed by atoms with E-state index in [2.05, 4.69) is 78.0 Å². The average molecular weight is 726 g/mol. The molecule has 0 saturated heterocycles. The summed E-state index contributed by atoms with van der Waals surface area (Å²) in [7, 11) is 1.59. The SMILES string of the molecule is COc1cn[c-]n1-c1cnc(C(C)C(C)C)c(C(C)(C)c2nc(-n3[c-]ncc3CO)cnc2C(C)C(C)C)n1.[Pt+2]. The molecule has 11 heteroatoms. The minimum Gasteiger partial charge on any atom is -0.531 e. The van der Waals surface area contributed by atoms with Gasteiger partial charge in [-0.25, -0.2) is 0 Å². The van der Waals surface area contributed by atoms with Gasteiger partial charge in [0.05, 0.1) is 52.8 Å². The van der Waals surface area contributed by atoms with Crippen molar-refractivity contribution >= 4 is 0 Å². The molecule has 0 spiro atoms. The molecule has 2 atom stereocenters. The molecule has 0 aromatic carbocycles. The first-order valence-electron chi connectivity index (χ1n) is 13.3.